The Bertz CT molecular complexity index is 466. The van der Waals surface area contributed by atoms with Gasteiger partial charge in [-0.05, 0) is 36.6 Å². The van der Waals surface area contributed by atoms with E-state index in [1.807, 2.05) is 20.8 Å². The molecule has 2 N–H and O–H groups in total. The highest BCUT2D eigenvalue weighted by Gasteiger charge is 2.17. The van der Waals surface area contributed by atoms with Crippen molar-refractivity contribution in [1.29, 1.82) is 0 Å². The van der Waals surface area contributed by atoms with Gasteiger partial charge in [-0.25, -0.2) is 8.42 Å². The highest BCUT2D eigenvalue weighted by atomic mass is 32.2. The number of anilines is 1. The molecule has 0 bridgehead atoms. The molecule has 0 heterocycles. The van der Waals surface area contributed by atoms with Gasteiger partial charge < -0.3 is 5.73 Å². The summed E-state index contributed by atoms with van der Waals surface area (Å²) in [5.74, 6) is 0.384. The Morgan fingerprint density at radius 2 is 2.00 bits per heavy atom. The monoisotopic (exact) mass is 241 g/mol. The van der Waals surface area contributed by atoms with Gasteiger partial charge >= 0.3 is 0 Å². The largest absolute Gasteiger partial charge is 0.399 e. The molecule has 1 rings (SSSR count). The minimum atomic E-state index is -3.17. The average Bonchev–Trinajstić information content (AvgIpc) is 2.21. The van der Waals surface area contributed by atoms with Crippen molar-refractivity contribution in [2.45, 2.75) is 32.1 Å². The zero-order chi connectivity index (χ0) is 12.3. The summed E-state index contributed by atoms with van der Waals surface area (Å²) in [5.41, 5.74) is 7.10. The Hall–Kier alpha value is -1.03. The SMILES string of the molecule is CCC(C)CS(=O)(=O)c1ccc(N)c(C)c1. The average molecular weight is 241 g/mol. The molecule has 90 valence electrons. The number of benzene rings is 1. The normalized spacial score (nSPS) is 13.7. The van der Waals surface area contributed by atoms with E-state index in [-0.39, 0.29) is 11.7 Å². The van der Waals surface area contributed by atoms with Crippen molar-refractivity contribution < 1.29 is 8.42 Å². The fraction of sp³-hybridized carbons (Fsp3) is 0.500. The first-order chi connectivity index (χ1) is 7.36. The van der Waals surface area contributed by atoms with Crippen molar-refractivity contribution in [3.63, 3.8) is 0 Å². The lowest BCUT2D eigenvalue weighted by Crippen LogP contribution is -2.13. The van der Waals surface area contributed by atoms with Gasteiger partial charge in [0.1, 0.15) is 0 Å². The van der Waals surface area contributed by atoms with Crippen LogP contribution in [-0.4, -0.2) is 14.2 Å². The zero-order valence-corrected chi connectivity index (χ0v) is 10.8. The number of rotatable bonds is 4. The van der Waals surface area contributed by atoms with Gasteiger partial charge in [-0.15, -0.1) is 0 Å². The lowest BCUT2D eigenvalue weighted by molar-refractivity contribution is 0.564. The third-order valence-electron chi connectivity index (χ3n) is 2.80. The second-order valence-electron chi connectivity index (χ2n) is 4.31. The molecular formula is C12H19NO2S. The van der Waals surface area contributed by atoms with Crippen LogP contribution in [0.15, 0.2) is 23.1 Å². The molecule has 0 spiro atoms. The van der Waals surface area contributed by atoms with Crippen LogP contribution in [0.5, 0.6) is 0 Å². The molecule has 0 aromatic heterocycles. The fourth-order valence-corrected chi connectivity index (χ4v) is 3.24. The van der Waals surface area contributed by atoms with Crippen LogP contribution in [0.25, 0.3) is 0 Å². The summed E-state index contributed by atoms with van der Waals surface area (Å²) in [5, 5.41) is 0. The van der Waals surface area contributed by atoms with Crippen LogP contribution in [0.3, 0.4) is 0 Å². The molecule has 1 unspecified atom stereocenters. The molecule has 1 aromatic rings. The van der Waals surface area contributed by atoms with Crippen LogP contribution in [0.1, 0.15) is 25.8 Å². The molecule has 0 saturated heterocycles. The Labute approximate surface area is 97.6 Å². The highest BCUT2D eigenvalue weighted by Crippen LogP contribution is 2.20. The third kappa shape index (κ3) is 2.98. The van der Waals surface area contributed by atoms with E-state index < -0.39 is 9.84 Å². The van der Waals surface area contributed by atoms with Crippen LogP contribution >= 0.6 is 0 Å². The number of nitrogen functional groups attached to an aromatic ring is 1. The summed E-state index contributed by atoms with van der Waals surface area (Å²) in [6.07, 6.45) is 0.868. The van der Waals surface area contributed by atoms with Crippen molar-refractivity contribution in [1.82, 2.24) is 0 Å². The first-order valence-electron chi connectivity index (χ1n) is 5.45. The van der Waals surface area contributed by atoms with Crippen molar-refractivity contribution in [3.05, 3.63) is 23.8 Å². The second kappa shape index (κ2) is 4.87. The van der Waals surface area contributed by atoms with Gasteiger partial charge in [0.2, 0.25) is 0 Å². The molecule has 0 amide bonds. The smallest absolute Gasteiger partial charge is 0.178 e. The van der Waals surface area contributed by atoms with Gasteiger partial charge in [-0.3, -0.25) is 0 Å². The van der Waals surface area contributed by atoms with Gasteiger partial charge in [-0.2, -0.15) is 0 Å². The van der Waals surface area contributed by atoms with Gasteiger partial charge in [0.05, 0.1) is 10.6 Å². The Morgan fingerprint density at radius 1 is 1.38 bits per heavy atom. The minimum absolute atomic E-state index is 0.183. The van der Waals surface area contributed by atoms with Gasteiger partial charge in [0, 0.05) is 5.69 Å². The van der Waals surface area contributed by atoms with Crippen molar-refractivity contribution in [2.24, 2.45) is 5.92 Å². The maximum absolute atomic E-state index is 12.0. The molecule has 0 saturated carbocycles. The lowest BCUT2D eigenvalue weighted by atomic mass is 10.2. The predicted octanol–water partition coefficient (Wildman–Crippen LogP) is 2.40. The molecule has 0 aliphatic heterocycles. The highest BCUT2D eigenvalue weighted by molar-refractivity contribution is 7.91. The molecule has 0 aliphatic carbocycles. The minimum Gasteiger partial charge on any atom is -0.399 e. The molecule has 1 atom stereocenters. The summed E-state index contributed by atoms with van der Waals surface area (Å²) in [6.45, 7) is 5.76. The van der Waals surface area contributed by atoms with Gasteiger partial charge in [0.25, 0.3) is 0 Å². The van der Waals surface area contributed by atoms with Crippen molar-refractivity contribution >= 4 is 15.5 Å². The van der Waals surface area contributed by atoms with Gasteiger partial charge in [-0.1, -0.05) is 20.3 Å². The van der Waals surface area contributed by atoms with E-state index >= 15 is 0 Å². The zero-order valence-electron chi connectivity index (χ0n) is 10.0. The van der Waals surface area contributed by atoms with E-state index in [1.165, 1.54) is 0 Å². The fourth-order valence-electron chi connectivity index (χ4n) is 1.43. The molecule has 16 heavy (non-hydrogen) atoms. The molecular weight excluding hydrogens is 222 g/mol. The molecule has 0 aliphatic rings. The van der Waals surface area contributed by atoms with Crippen LogP contribution in [0.4, 0.5) is 5.69 Å². The Kier molecular flexibility index (Phi) is 3.97. The third-order valence-corrected chi connectivity index (χ3v) is 4.78. The number of hydrogen-bond acceptors (Lipinski definition) is 3. The van der Waals surface area contributed by atoms with Crippen LogP contribution < -0.4 is 5.73 Å². The van der Waals surface area contributed by atoms with E-state index in [4.69, 9.17) is 5.73 Å². The molecule has 0 radical (unpaired) electrons. The van der Waals surface area contributed by atoms with E-state index in [2.05, 4.69) is 0 Å². The summed E-state index contributed by atoms with van der Waals surface area (Å²) < 4.78 is 24.0. The maximum atomic E-state index is 12.0. The molecule has 1 aromatic carbocycles. The molecule has 4 heteroatoms. The van der Waals surface area contributed by atoms with Crippen LogP contribution in [0, 0.1) is 12.8 Å². The van der Waals surface area contributed by atoms with E-state index in [1.54, 1.807) is 18.2 Å². The van der Waals surface area contributed by atoms with Crippen LogP contribution in [0.2, 0.25) is 0 Å². The first kappa shape index (κ1) is 13.0. The first-order valence-corrected chi connectivity index (χ1v) is 7.11. The summed E-state index contributed by atoms with van der Waals surface area (Å²) in [7, 11) is -3.17. The van der Waals surface area contributed by atoms with Gasteiger partial charge in [0.15, 0.2) is 9.84 Å². The molecule has 0 fully saturated rings. The Balaban J connectivity index is 3.03. The summed E-state index contributed by atoms with van der Waals surface area (Å²) in [6, 6.07) is 4.88. The lowest BCUT2D eigenvalue weighted by Gasteiger charge is -2.10. The summed E-state index contributed by atoms with van der Waals surface area (Å²) >= 11 is 0. The van der Waals surface area contributed by atoms with Crippen LogP contribution in [-0.2, 0) is 9.84 Å². The predicted molar refractivity (Wildman–Crippen MR) is 67.1 cm³/mol. The number of nitrogens with two attached hydrogens (primary N) is 1. The standard InChI is InChI=1S/C12H19NO2S/c1-4-9(2)8-16(14,15)11-5-6-12(13)10(3)7-11/h5-7,9H,4,8,13H2,1-3H3. The molecule has 3 nitrogen and oxygen atoms in total. The van der Waals surface area contributed by atoms with Crippen molar-refractivity contribution in [2.75, 3.05) is 11.5 Å². The Morgan fingerprint density at radius 3 is 2.50 bits per heavy atom. The quantitative estimate of drug-likeness (QED) is 0.823. The summed E-state index contributed by atoms with van der Waals surface area (Å²) in [4.78, 5) is 0.375. The van der Waals surface area contributed by atoms with E-state index in [0.29, 0.717) is 10.6 Å². The van der Waals surface area contributed by atoms with E-state index in [0.717, 1.165) is 12.0 Å². The number of hydrogen-bond donors (Lipinski definition) is 1. The topological polar surface area (TPSA) is 60.2 Å². The maximum Gasteiger partial charge on any atom is 0.178 e. The van der Waals surface area contributed by atoms with Crippen molar-refractivity contribution in [3.8, 4) is 0 Å². The van der Waals surface area contributed by atoms with E-state index in [9.17, 15) is 8.42 Å². The second-order valence-corrected chi connectivity index (χ2v) is 6.35. The number of aryl methyl sites for hydroxylation is 1. The number of sulfone groups is 1.